The van der Waals surface area contributed by atoms with E-state index in [1.54, 1.807) is 44.6 Å². The molecule has 0 aromatic heterocycles. The van der Waals surface area contributed by atoms with Gasteiger partial charge in [-0.1, -0.05) is 29.8 Å². The Balaban J connectivity index is 1.80. The maximum absolute atomic E-state index is 13.7. The second-order valence-corrected chi connectivity index (χ2v) is 10.2. The molecule has 0 aliphatic carbocycles. The van der Waals surface area contributed by atoms with Crippen molar-refractivity contribution in [2.24, 2.45) is 5.10 Å². The van der Waals surface area contributed by atoms with Crippen molar-refractivity contribution < 1.29 is 17.9 Å². The average Bonchev–Trinajstić information content (AvgIpc) is 3.30. The van der Waals surface area contributed by atoms with Crippen molar-refractivity contribution in [3.05, 3.63) is 83.4 Å². The van der Waals surface area contributed by atoms with Gasteiger partial charge in [0.1, 0.15) is 11.5 Å². The molecule has 0 radical (unpaired) electrons. The van der Waals surface area contributed by atoms with Gasteiger partial charge in [-0.2, -0.15) is 17.9 Å². The summed E-state index contributed by atoms with van der Waals surface area (Å²) in [4.78, 5) is 2.21. The smallest absolute Gasteiger partial charge is 0.279 e. The van der Waals surface area contributed by atoms with Crippen molar-refractivity contribution in [1.29, 1.82) is 0 Å². The molecule has 0 saturated heterocycles. The predicted octanol–water partition coefficient (Wildman–Crippen LogP) is 4.62. The van der Waals surface area contributed by atoms with Gasteiger partial charge in [-0.3, -0.25) is 0 Å². The summed E-state index contributed by atoms with van der Waals surface area (Å²) in [6.07, 6.45) is 0.419. The largest absolute Gasteiger partial charge is 0.497 e. The van der Waals surface area contributed by atoms with E-state index in [2.05, 4.69) is 5.10 Å². The lowest BCUT2D eigenvalue weighted by atomic mass is 9.98. The topological polar surface area (TPSA) is 71.4 Å². The Morgan fingerprint density at radius 2 is 1.50 bits per heavy atom. The zero-order valence-corrected chi connectivity index (χ0v) is 20.8. The zero-order valence-electron chi connectivity index (χ0n) is 20.0. The molecule has 0 saturated carbocycles. The van der Waals surface area contributed by atoms with Crippen LogP contribution >= 0.6 is 0 Å². The molecule has 0 amide bonds. The fourth-order valence-electron chi connectivity index (χ4n) is 3.92. The number of methoxy groups -OCH3 is 2. The summed E-state index contributed by atoms with van der Waals surface area (Å²) >= 11 is 0. The maximum Gasteiger partial charge on any atom is 0.279 e. The molecule has 3 aromatic carbocycles. The molecule has 178 valence electrons. The van der Waals surface area contributed by atoms with Gasteiger partial charge in [-0.25, -0.2) is 0 Å². The summed E-state index contributed by atoms with van der Waals surface area (Å²) in [6.45, 7) is 1.92. The first-order chi connectivity index (χ1) is 16.2. The van der Waals surface area contributed by atoms with Gasteiger partial charge in [0.05, 0.1) is 30.9 Å². The highest BCUT2D eigenvalue weighted by atomic mass is 32.2. The Hall–Kier alpha value is -3.52. The summed E-state index contributed by atoms with van der Waals surface area (Å²) < 4.78 is 39.4. The number of aryl methyl sites for hydroxylation is 1. The highest BCUT2D eigenvalue weighted by Crippen LogP contribution is 2.38. The number of sulfonamides is 1. The SMILES string of the molecule is COc1cc(OC)cc(C2=NN(S(=O)(=O)c3ccc(C)cc3)[C@H](c3ccc(N(C)C)cc3)C2)c1. The first kappa shape index (κ1) is 23.6. The van der Waals surface area contributed by atoms with E-state index in [4.69, 9.17) is 9.47 Å². The van der Waals surface area contributed by atoms with Crippen LogP contribution in [0.5, 0.6) is 11.5 Å². The number of benzene rings is 3. The molecule has 34 heavy (non-hydrogen) atoms. The van der Waals surface area contributed by atoms with Gasteiger partial charge < -0.3 is 14.4 Å². The fourth-order valence-corrected chi connectivity index (χ4v) is 5.35. The summed E-state index contributed by atoms with van der Waals surface area (Å²) in [5.41, 5.74) is 4.30. The molecule has 7 nitrogen and oxygen atoms in total. The average molecular weight is 480 g/mol. The lowest BCUT2D eigenvalue weighted by Gasteiger charge is -2.24. The Morgan fingerprint density at radius 1 is 0.912 bits per heavy atom. The van der Waals surface area contributed by atoms with Crippen molar-refractivity contribution in [1.82, 2.24) is 4.41 Å². The zero-order chi connectivity index (χ0) is 24.5. The minimum Gasteiger partial charge on any atom is -0.497 e. The second kappa shape index (κ2) is 9.38. The molecule has 0 unspecified atom stereocenters. The van der Waals surface area contributed by atoms with E-state index < -0.39 is 16.1 Å². The number of hydrazone groups is 1. The molecule has 1 aliphatic heterocycles. The Morgan fingerprint density at radius 3 is 2.03 bits per heavy atom. The lowest BCUT2D eigenvalue weighted by Crippen LogP contribution is -2.27. The van der Waals surface area contributed by atoms with E-state index in [1.807, 2.05) is 62.3 Å². The van der Waals surface area contributed by atoms with Crippen molar-refractivity contribution in [2.45, 2.75) is 24.3 Å². The summed E-state index contributed by atoms with van der Waals surface area (Å²) in [5, 5.41) is 4.64. The third kappa shape index (κ3) is 4.59. The standard InChI is InChI=1S/C26H29N3O4S/c1-18-6-12-24(13-7-18)34(30,31)29-26(19-8-10-21(11-9-19)28(2)3)17-25(27-29)20-14-22(32-4)16-23(15-20)33-5/h6-16,26H,17H2,1-5H3/t26-/m0/s1. The van der Waals surface area contributed by atoms with Gasteiger partial charge in [-0.15, -0.1) is 0 Å². The van der Waals surface area contributed by atoms with Crippen LogP contribution in [-0.2, 0) is 10.0 Å². The normalized spacial score (nSPS) is 15.7. The number of ether oxygens (including phenoxy) is 2. The van der Waals surface area contributed by atoms with Gasteiger partial charge in [0, 0.05) is 37.8 Å². The molecule has 3 aromatic rings. The number of rotatable bonds is 7. The number of nitrogens with zero attached hydrogens (tertiary/aromatic N) is 3. The molecule has 1 atom stereocenters. The van der Waals surface area contributed by atoms with E-state index in [9.17, 15) is 8.42 Å². The van der Waals surface area contributed by atoms with Crippen LogP contribution in [0.1, 0.15) is 29.2 Å². The molecule has 0 N–H and O–H groups in total. The lowest BCUT2D eigenvalue weighted by molar-refractivity contribution is 0.371. The van der Waals surface area contributed by atoms with Gasteiger partial charge >= 0.3 is 0 Å². The minimum atomic E-state index is -3.88. The molecule has 8 heteroatoms. The Labute approximate surface area is 201 Å². The van der Waals surface area contributed by atoms with Crippen LogP contribution in [0.3, 0.4) is 0 Å². The summed E-state index contributed by atoms with van der Waals surface area (Å²) in [5.74, 6) is 1.23. The van der Waals surface area contributed by atoms with Crippen LogP contribution in [0.25, 0.3) is 0 Å². The van der Waals surface area contributed by atoms with Gasteiger partial charge in [0.25, 0.3) is 10.0 Å². The molecule has 4 rings (SSSR count). The molecule has 1 aliphatic rings. The minimum absolute atomic E-state index is 0.209. The van der Waals surface area contributed by atoms with E-state index in [0.717, 1.165) is 22.4 Å². The quantitative estimate of drug-likeness (QED) is 0.495. The van der Waals surface area contributed by atoms with Gasteiger partial charge in [0.2, 0.25) is 0 Å². The van der Waals surface area contributed by atoms with Gasteiger partial charge in [-0.05, 0) is 48.9 Å². The van der Waals surface area contributed by atoms with E-state index in [-0.39, 0.29) is 4.90 Å². The van der Waals surface area contributed by atoms with Crippen molar-refractivity contribution in [3.8, 4) is 11.5 Å². The van der Waals surface area contributed by atoms with E-state index in [1.165, 1.54) is 4.41 Å². The predicted molar refractivity (Wildman–Crippen MR) is 134 cm³/mol. The first-order valence-electron chi connectivity index (χ1n) is 10.9. The Kier molecular flexibility index (Phi) is 6.52. The van der Waals surface area contributed by atoms with E-state index >= 15 is 0 Å². The van der Waals surface area contributed by atoms with Crippen LogP contribution in [0, 0.1) is 6.92 Å². The molecule has 1 heterocycles. The highest BCUT2D eigenvalue weighted by molar-refractivity contribution is 7.89. The summed E-state index contributed by atoms with van der Waals surface area (Å²) in [6, 6.07) is 19.7. The number of hydrogen-bond donors (Lipinski definition) is 0. The first-order valence-corrected chi connectivity index (χ1v) is 12.4. The molecule has 0 fully saturated rings. The van der Waals surface area contributed by atoms with Crippen LogP contribution in [0.15, 0.2) is 76.7 Å². The maximum atomic E-state index is 13.7. The van der Waals surface area contributed by atoms with Crippen LogP contribution in [0.2, 0.25) is 0 Å². The summed E-state index contributed by atoms with van der Waals surface area (Å²) in [7, 11) is 3.22. The van der Waals surface area contributed by atoms with Crippen LogP contribution in [-0.4, -0.2) is 46.9 Å². The molecule has 0 bridgehead atoms. The number of anilines is 1. The monoisotopic (exact) mass is 479 g/mol. The van der Waals surface area contributed by atoms with Gasteiger partial charge in [0.15, 0.2) is 0 Å². The third-order valence-corrected chi connectivity index (χ3v) is 7.61. The Bertz CT molecular complexity index is 1280. The van der Waals surface area contributed by atoms with Crippen LogP contribution in [0.4, 0.5) is 5.69 Å². The molecular weight excluding hydrogens is 450 g/mol. The van der Waals surface area contributed by atoms with E-state index in [0.29, 0.717) is 23.6 Å². The number of hydrogen-bond acceptors (Lipinski definition) is 6. The van der Waals surface area contributed by atoms with Crippen molar-refractivity contribution in [3.63, 3.8) is 0 Å². The van der Waals surface area contributed by atoms with Crippen molar-refractivity contribution >= 4 is 21.4 Å². The van der Waals surface area contributed by atoms with Crippen LogP contribution < -0.4 is 14.4 Å². The van der Waals surface area contributed by atoms with Crippen molar-refractivity contribution in [2.75, 3.05) is 33.2 Å². The third-order valence-electron chi connectivity index (χ3n) is 5.92. The fraction of sp³-hybridized carbons (Fsp3) is 0.269. The molecular formula is C26H29N3O4S. The molecule has 0 spiro atoms. The highest BCUT2D eigenvalue weighted by Gasteiger charge is 2.38. The second-order valence-electron chi connectivity index (χ2n) is 8.44.